The van der Waals surface area contributed by atoms with E-state index >= 15 is 0 Å². The standard InChI is InChI=1S/C7H15NO2S2/c1-9-5-3-8(7(11)12)4-6-10-2/h3-6H2,1-2H3,(H,11,12)/p-1. The first kappa shape index (κ1) is 12.0. The maximum atomic E-state index is 4.91. The molecule has 0 amide bonds. The Hall–Kier alpha value is 0.0300. The average Bonchev–Trinajstić information content (AvgIpc) is 2.04. The van der Waals surface area contributed by atoms with Gasteiger partial charge in [-0.2, -0.15) is 0 Å². The number of thiocarbonyl (C=S) groups is 1. The third kappa shape index (κ3) is 5.65. The Morgan fingerprint density at radius 2 is 1.67 bits per heavy atom. The fraction of sp³-hybridized carbons (Fsp3) is 0.857. The van der Waals surface area contributed by atoms with Gasteiger partial charge in [-0.15, -0.1) is 0 Å². The molecule has 0 saturated carbocycles. The van der Waals surface area contributed by atoms with Crippen molar-refractivity contribution in [2.75, 3.05) is 40.5 Å². The molecule has 0 aromatic heterocycles. The number of nitrogens with zero attached hydrogens (tertiary/aromatic N) is 1. The van der Waals surface area contributed by atoms with Crippen molar-refractivity contribution in [3.63, 3.8) is 0 Å². The molecule has 0 fully saturated rings. The summed E-state index contributed by atoms with van der Waals surface area (Å²) in [7, 11) is 3.31. The van der Waals surface area contributed by atoms with E-state index in [-0.39, 0.29) is 0 Å². The minimum absolute atomic E-state index is 0.476. The Balaban J connectivity index is 3.62. The zero-order chi connectivity index (χ0) is 9.40. The minimum atomic E-state index is 0.476. The third-order valence-electron chi connectivity index (χ3n) is 1.39. The quantitative estimate of drug-likeness (QED) is 0.464. The molecule has 12 heavy (non-hydrogen) atoms. The molecule has 5 heteroatoms. The highest BCUT2D eigenvalue weighted by atomic mass is 32.1. The SMILES string of the molecule is COCCN(CCOC)C(=S)[S-]. The summed E-state index contributed by atoms with van der Waals surface area (Å²) in [4.78, 5) is 1.89. The summed E-state index contributed by atoms with van der Waals surface area (Å²) in [6.07, 6.45) is 0. The lowest BCUT2D eigenvalue weighted by Crippen LogP contribution is -2.34. The van der Waals surface area contributed by atoms with Crippen LogP contribution in [0.4, 0.5) is 0 Å². The lowest BCUT2D eigenvalue weighted by molar-refractivity contribution is 0.148. The summed E-state index contributed by atoms with van der Waals surface area (Å²) in [5, 5.41) is 0. The zero-order valence-corrected chi connectivity index (χ0v) is 9.04. The van der Waals surface area contributed by atoms with E-state index in [4.69, 9.17) is 34.3 Å². The fourth-order valence-corrected chi connectivity index (χ4v) is 1.06. The summed E-state index contributed by atoms with van der Waals surface area (Å²) in [6.45, 7) is 2.76. The average molecular weight is 208 g/mol. The van der Waals surface area contributed by atoms with Gasteiger partial charge in [0.25, 0.3) is 0 Å². The van der Waals surface area contributed by atoms with Crippen LogP contribution in [0.3, 0.4) is 0 Å². The first-order chi connectivity index (χ1) is 5.72. The predicted molar refractivity (Wildman–Crippen MR) is 55.3 cm³/mol. The molecule has 0 aromatic rings. The molecule has 0 unspecified atom stereocenters. The van der Waals surface area contributed by atoms with Crippen molar-refractivity contribution in [1.29, 1.82) is 0 Å². The van der Waals surface area contributed by atoms with E-state index in [1.165, 1.54) is 0 Å². The highest BCUT2D eigenvalue weighted by Gasteiger charge is 1.98. The maximum Gasteiger partial charge on any atom is 0.0637 e. The topological polar surface area (TPSA) is 21.7 Å². The first-order valence-electron chi connectivity index (χ1n) is 3.66. The number of methoxy groups -OCH3 is 2. The molecular formula is C7H14NO2S2-. The van der Waals surface area contributed by atoms with Crippen molar-refractivity contribution in [2.45, 2.75) is 0 Å². The van der Waals surface area contributed by atoms with Crippen LogP contribution in [0, 0.1) is 0 Å². The lowest BCUT2D eigenvalue weighted by atomic mass is 10.5. The van der Waals surface area contributed by atoms with Gasteiger partial charge in [-0.1, -0.05) is 4.32 Å². The fourth-order valence-electron chi connectivity index (χ4n) is 0.697. The molecule has 0 rings (SSSR count). The van der Waals surface area contributed by atoms with Gasteiger partial charge < -0.3 is 39.2 Å². The Morgan fingerprint density at radius 3 is 1.92 bits per heavy atom. The van der Waals surface area contributed by atoms with Crippen LogP contribution < -0.4 is 0 Å². The van der Waals surface area contributed by atoms with Crippen LogP contribution in [0.2, 0.25) is 0 Å². The van der Waals surface area contributed by atoms with E-state index in [0.29, 0.717) is 17.5 Å². The molecule has 0 aliphatic carbocycles. The molecule has 0 N–H and O–H groups in total. The third-order valence-corrected chi connectivity index (χ3v) is 1.91. The molecule has 0 aliphatic heterocycles. The van der Waals surface area contributed by atoms with Crippen molar-refractivity contribution in [1.82, 2.24) is 4.90 Å². The molecule has 0 bridgehead atoms. The summed E-state index contributed by atoms with van der Waals surface area (Å²) in [5.41, 5.74) is 0. The highest BCUT2D eigenvalue weighted by Crippen LogP contribution is 1.91. The Morgan fingerprint density at radius 1 is 1.25 bits per heavy atom. The molecule has 0 heterocycles. The second-order valence-electron chi connectivity index (χ2n) is 2.24. The smallest absolute Gasteiger partial charge is 0.0637 e. The van der Waals surface area contributed by atoms with Crippen LogP contribution in [0.1, 0.15) is 0 Å². The van der Waals surface area contributed by atoms with Crippen molar-refractivity contribution < 1.29 is 9.47 Å². The molecule has 0 spiro atoms. The van der Waals surface area contributed by atoms with Gasteiger partial charge in [0, 0.05) is 27.3 Å². The minimum Gasteiger partial charge on any atom is -0.411 e. The molecule has 0 aromatic carbocycles. The molecular weight excluding hydrogens is 194 g/mol. The number of rotatable bonds is 6. The van der Waals surface area contributed by atoms with Crippen LogP contribution in [0.25, 0.3) is 0 Å². The molecule has 0 atom stereocenters. The number of ether oxygens (including phenoxy) is 2. The summed E-state index contributed by atoms with van der Waals surface area (Å²) < 4.78 is 10.3. The zero-order valence-electron chi connectivity index (χ0n) is 7.41. The highest BCUT2D eigenvalue weighted by molar-refractivity contribution is 8.00. The lowest BCUT2D eigenvalue weighted by Gasteiger charge is -2.27. The van der Waals surface area contributed by atoms with Crippen LogP contribution in [0.5, 0.6) is 0 Å². The van der Waals surface area contributed by atoms with E-state index in [1.807, 2.05) is 4.90 Å². The molecule has 0 saturated heterocycles. The van der Waals surface area contributed by atoms with Crippen molar-refractivity contribution in [3.8, 4) is 0 Å². The van der Waals surface area contributed by atoms with Gasteiger partial charge in [0.15, 0.2) is 0 Å². The first-order valence-corrected chi connectivity index (χ1v) is 4.47. The van der Waals surface area contributed by atoms with Crippen LogP contribution in [0.15, 0.2) is 0 Å². The maximum absolute atomic E-state index is 4.91. The van der Waals surface area contributed by atoms with Gasteiger partial charge in [0.05, 0.1) is 13.2 Å². The van der Waals surface area contributed by atoms with Crippen LogP contribution in [-0.4, -0.2) is 49.7 Å². The van der Waals surface area contributed by atoms with Gasteiger partial charge in [-0.3, -0.25) is 0 Å². The largest absolute Gasteiger partial charge is 0.411 e. The monoisotopic (exact) mass is 208 g/mol. The molecule has 3 nitrogen and oxygen atoms in total. The number of hydrogen-bond acceptors (Lipinski definition) is 4. The Bertz CT molecular complexity index is 125. The van der Waals surface area contributed by atoms with E-state index in [1.54, 1.807) is 14.2 Å². The molecule has 0 aliphatic rings. The van der Waals surface area contributed by atoms with Gasteiger partial charge in [0.1, 0.15) is 0 Å². The van der Waals surface area contributed by atoms with Crippen molar-refractivity contribution in [2.24, 2.45) is 0 Å². The van der Waals surface area contributed by atoms with Crippen LogP contribution in [-0.2, 0) is 22.1 Å². The van der Waals surface area contributed by atoms with E-state index in [0.717, 1.165) is 13.1 Å². The van der Waals surface area contributed by atoms with E-state index in [9.17, 15) is 0 Å². The number of hydrogen-bond donors (Lipinski definition) is 0. The van der Waals surface area contributed by atoms with Crippen LogP contribution >= 0.6 is 12.2 Å². The van der Waals surface area contributed by atoms with E-state index in [2.05, 4.69) is 0 Å². The summed E-state index contributed by atoms with van der Waals surface area (Å²) in [5.74, 6) is 0. The molecule has 72 valence electrons. The second kappa shape index (κ2) is 7.67. The van der Waals surface area contributed by atoms with Gasteiger partial charge in [-0.05, 0) is 0 Å². The Labute approximate surface area is 84.4 Å². The summed E-state index contributed by atoms with van der Waals surface area (Å²) in [6, 6.07) is 0. The second-order valence-corrected chi connectivity index (χ2v) is 3.27. The van der Waals surface area contributed by atoms with Gasteiger partial charge in [-0.25, -0.2) is 0 Å². The predicted octanol–water partition coefficient (Wildman–Crippen LogP) is 0.413. The van der Waals surface area contributed by atoms with Crippen molar-refractivity contribution in [3.05, 3.63) is 0 Å². The summed E-state index contributed by atoms with van der Waals surface area (Å²) >= 11 is 9.75. The van der Waals surface area contributed by atoms with Gasteiger partial charge >= 0.3 is 0 Å². The van der Waals surface area contributed by atoms with Gasteiger partial charge in [0.2, 0.25) is 0 Å². The normalized spacial score (nSPS) is 9.83. The Kier molecular flexibility index (Phi) is 7.69. The van der Waals surface area contributed by atoms with E-state index < -0.39 is 0 Å². The van der Waals surface area contributed by atoms with Crippen molar-refractivity contribution >= 4 is 29.2 Å². The molecule has 0 radical (unpaired) electrons.